The van der Waals surface area contributed by atoms with Crippen molar-refractivity contribution in [3.05, 3.63) is 23.8 Å². The van der Waals surface area contributed by atoms with E-state index in [1.807, 2.05) is 30.0 Å². The standard InChI is InChI=1S/C19H28N4O2.2ClH/c1-15-7-8-17-16(14-15)21-19(25-17)23-12-10-22(11-13-23)18(24)6-4-2-3-5-9-20;;/h7-8,14H,2-6,9-13,20H2,1H3;2*1H. The summed E-state index contributed by atoms with van der Waals surface area (Å²) in [6.07, 6.45) is 4.87. The van der Waals surface area contributed by atoms with Crippen molar-refractivity contribution in [2.45, 2.75) is 39.0 Å². The van der Waals surface area contributed by atoms with Gasteiger partial charge in [-0.05, 0) is 44.0 Å². The maximum Gasteiger partial charge on any atom is 0.298 e. The molecule has 1 aromatic carbocycles. The highest BCUT2D eigenvalue weighted by Gasteiger charge is 2.23. The fourth-order valence-corrected chi connectivity index (χ4v) is 3.24. The summed E-state index contributed by atoms with van der Waals surface area (Å²) in [5.41, 5.74) is 8.37. The number of aryl methyl sites for hydroxylation is 1. The number of benzene rings is 1. The Bertz CT molecular complexity index is 715. The maximum atomic E-state index is 12.3. The highest BCUT2D eigenvalue weighted by molar-refractivity contribution is 5.85. The Balaban J connectivity index is 0.00000182. The number of anilines is 1. The fourth-order valence-electron chi connectivity index (χ4n) is 3.24. The van der Waals surface area contributed by atoms with Gasteiger partial charge in [-0.3, -0.25) is 4.79 Å². The Labute approximate surface area is 173 Å². The van der Waals surface area contributed by atoms with Crippen LogP contribution in [0.5, 0.6) is 0 Å². The summed E-state index contributed by atoms with van der Waals surface area (Å²) in [6.45, 7) is 5.80. The summed E-state index contributed by atoms with van der Waals surface area (Å²) in [5, 5.41) is 0. The summed E-state index contributed by atoms with van der Waals surface area (Å²) in [7, 11) is 0. The number of halogens is 2. The van der Waals surface area contributed by atoms with E-state index in [1.54, 1.807) is 0 Å². The van der Waals surface area contributed by atoms with Gasteiger partial charge in [-0.25, -0.2) is 0 Å². The molecule has 0 bridgehead atoms. The highest BCUT2D eigenvalue weighted by Crippen LogP contribution is 2.23. The molecule has 1 amide bonds. The summed E-state index contributed by atoms with van der Waals surface area (Å²) in [6, 6.07) is 6.69. The number of hydrogen-bond donors (Lipinski definition) is 1. The van der Waals surface area contributed by atoms with Crippen LogP contribution in [0, 0.1) is 6.92 Å². The molecule has 0 radical (unpaired) electrons. The largest absolute Gasteiger partial charge is 0.423 e. The molecule has 0 aliphatic carbocycles. The van der Waals surface area contributed by atoms with Crippen molar-refractivity contribution >= 4 is 47.8 Å². The molecule has 1 fully saturated rings. The van der Waals surface area contributed by atoms with Crippen molar-refractivity contribution in [1.29, 1.82) is 0 Å². The fraction of sp³-hybridized carbons (Fsp3) is 0.579. The lowest BCUT2D eigenvalue weighted by molar-refractivity contribution is -0.131. The van der Waals surface area contributed by atoms with E-state index in [0.29, 0.717) is 12.4 Å². The second-order valence-electron chi connectivity index (χ2n) is 6.79. The van der Waals surface area contributed by atoms with Crippen molar-refractivity contribution in [2.75, 3.05) is 37.6 Å². The molecular weight excluding hydrogens is 387 g/mol. The normalized spacial score (nSPS) is 14.0. The Hall–Kier alpha value is -1.50. The maximum absolute atomic E-state index is 12.3. The Kier molecular flexibility index (Phi) is 9.91. The zero-order chi connectivity index (χ0) is 17.6. The van der Waals surface area contributed by atoms with Crippen LogP contribution in [0.4, 0.5) is 6.01 Å². The minimum absolute atomic E-state index is 0. The van der Waals surface area contributed by atoms with Gasteiger partial charge in [0, 0.05) is 32.6 Å². The van der Waals surface area contributed by atoms with Gasteiger partial charge in [0.25, 0.3) is 6.01 Å². The van der Waals surface area contributed by atoms with Gasteiger partial charge in [0.05, 0.1) is 0 Å². The number of carbonyl (C=O) groups is 1. The van der Waals surface area contributed by atoms with Crippen LogP contribution in [0.2, 0.25) is 0 Å². The van der Waals surface area contributed by atoms with E-state index < -0.39 is 0 Å². The minimum Gasteiger partial charge on any atom is -0.423 e. The van der Waals surface area contributed by atoms with Gasteiger partial charge in [0.15, 0.2) is 5.58 Å². The lowest BCUT2D eigenvalue weighted by Crippen LogP contribution is -2.48. The number of fused-ring (bicyclic) bond motifs is 1. The number of nitrogens with zero attached hydrogens (tertiary/aromatic N) is 3. The van der Waals surface area contributed by atoms with Crippen LogP contribution in [0.15, 0.2) is 22.6 Å². The zero-order valence-corrected chi connectivity index (χ0v) is 17.5. The first-order valence-corrected chi connectivity index (χ1v) is 9.27. The number of unbranched alkanes of at least 4 members (excludes halogenated alkanes) is 3. The number of amides is 1. The average molecular weight is 417 g/mol. The molecule has 6 nitrogen and oxygen atoms in total. The van der Waals surface area contributed by atoms with E-state index in [1.165, 1.54) is 5.56 Å². The third-order valence-corrected chi connectivity index (χ3v) is 4.78. The Morgan fingerprint density at radius 2 is 1.81 bits per heavy atom. The quantitative estimate of drug-likeness (QED) is 0.698. The topological polar surface area (TPSA) is 75.6 Å². The van der Waals surface area contributed by atoms with Crippen LogP contribution in [-0.2, 0) is 4.79 Å². The molecule has 8 heteroatoms. The number of aromatic nitrogens is 1. The third kappa shape index (κ3) is 6.26. The van der Waals surface area contributed by atoms with E-state index in [4.69, 9.17) is 10.2 Å². The molecule has 1 aliphatic rings. The minimum atomic E-state index is 0. The SMILES string of the molecule is Cc1ccc2oc(N3CCN(C(=O)CCCCCCN)CC3)nc2c1.Cl.Cl. The second-order valence-corrected chi connectivity index (χ2v) is 6.79. The highest BCUT2D eigenvalue weighted by atomic mass is 35.5. The molecule has 2 N–H and O–H groups in total. The van der Waals surface area contributed by atoms with Gasteiger partial charge in [0.2, 0.25) is 5.91 Å². The van der Waals surface area contributed by atoms with E-state index >= 15 is 0 Å². The molecule has 1 aromatic heterocycles. The molecule has 0 atom stereocenters. The summed E-state index contributed by atoms with van der Waals surface area (Å²) in [5.74, 6) is 0.264. The van der Waals surface area contributed by atoms with Crippen LogP contribution in [0.25, 0.3) is 11.1 Å². The first-order chi connectivity index (χ1) is 12.2. The zero-order valence-electron chi connectivity index (χ0n) is 15.9. The molecule has 0 unspecified atom stereocenters. The monoisotopic (exact) mass is 416 g/mol. The number of piperazine rings is 1. The van der Waals surface area contributed by atoms with Gasteiger partial charge in [0.1, 0.15) is 5.52 Å². The average Bonchev–Trinajstić information content (AvgIpc) is 3.04. The first-order valence-electron chi connectivity index (χ1n) is 9.27. The van der Waals surface area contributed by atoms with Gasteiger partial charge in [-0.1, -0.05) is 18.9 Å². The predicted octanol–water partition coefficient (Wildman–Crippen LogP) is 3.54. The number of hydrogen-bond acceptors (Lipinski definition) is 5. The molecule has 2 aromatic rings. The molecule has 152 valence electrons. The molecule has 0 spiro atoms. The van der Waals surface area contributed by atoms with Crippen molar-refractivity contribution in [1.82, 2.24) is 9.88 Å². The number of carbonyl (C=O) groups excluding carboxylic acids is 1. The van der Waals surface area contributed by atoms with Crippen LogP contribution in [0.1, 0.15) is 37.7 Å². The van der Waals surface area contributed by atoms with Crippen molar-refractivity contribution in [3.63, 3.8) is 0 Å². The van der Waals surface area contributed by atoms with E-state index in [9.17, 15) is 4.79 Å². The molecule has 0 saturated carbocycles. The van der Waals surface area contributed by atoms with Gasteiger partial charge in [-0.2, -0.15) is 4.98 Å². The van der Waals surface area contributed by atoms with Crippen LogP contribution < -0.4 is 10.6 Å². The lowest BCUT2D eigenvalue weighted by atomic mass is 10.1. The Morgan fingerprint density at radius 3 is 2.52 bits per heavy atom. The molecule has 1 aliphatic heterocycles. The predicted molar refractivity (Wildman–Crippen MR) is 114 cm³/mol. The van der Waals surface area contributed by atoms with Gasteiger partial charge < -0.3 is 20.0 Å². The summed E-state index contributed by atoms with van der Waals surface area (Å²) < 4.78 is 5.86. The molecular formula is C19H30Cl2N4O2. The molecule has 2 heterocycles. The summed E-state index contributed by atoms with van der Waals surface area (Å²) in [4.78, 5) is 21.0. The van der Waals surface area contributed by atoms with E-state index in [0.717, 1.165) is 69.5 Å². The van der Waals surface area contributed by atoms with Crippen molar-refractivity contribution in [2.24, 2.45) is 5.73 Å². The number of nitrogens with two attached hydrogens (primary N) is 1. The molecule has 3 rings (SSSR count). The molecule has 1 saturated heterocycles. The summed E-state index contributed by atoms with van der Waals surface area (Å²) >= 11 is 0. The third-order valence-electron chi connectivity index (χ3n) is 4.78. The van der Waals surface area contributed by atoms with Gasteiger partial charge in [-0.15, -0.1) is 24.8 Å². The van der Waals surface area contributed by atoms with E-state index in [-0.39, 0.29) is 30.7 Å². The number of rotatable bonds is 7. The van der Waals surface area contributed by atoms with Crippen LogP contribution in [-0.4, -0.2) is 48.5 Å². The first kappa shape index (κ1) is 23.5. The second kappa shape index (κ2) is 11.4. The number of oxazole rings is 1. The van der Waals surface area contributed by atoms with E-state index in [2.05, 4.69) is 9.88 Å². The van der Waals surface area contributed by atoms with Crippen molar-refractivity contribution < 1.29 is 9.21 Å². The molecule has 27 heavy (non-hydrogen) atoms. The Morgan fingerprint density at radius 1 is 1.11 bits per heavy atom. The lowest BCUT2D eigenvalue weighted by Gasteiger charge is -2.33. The smallest absolute Gasteiger partial charge is 0.298 e. The van der Waals surface area contributed by atoms with Crippen LogP contribution >= 0.6 is 24.8 Å². The van der Waals surface area contributed by atoms with Crippen molar-refractivity contribution in [3.8, 4) is 0 Å². The van der Waals surface area contributed by atoms with Gasteiger partial charge >= 0.3 is 0 Å². The van der Waals surface area contributed by atoms with Crippen LogP contribution in [0.3, 0.4) is 0 Å².